The third-order valence-electron chi connectivity index (χ3n) is 2.16. The molecule has 0 atom stereocenters. The van der Waals surface area contributed by atoms with Crippen molar-refractivity contribution in [3.05, 3.63) is 16.1 Å². The lowest BCUT2D eigenvalue weighted by molar-refractivity contribution is 0.0691. The predicted octanol–water partition coefficient (Wildman–Crippen LogP) is 1.96. The fraction of sp³-hybridized carbons (Fsp3) is 0.545. The van der Waals surface area contributed by atoms with Crippen LogP contribution in [0, 0.1) is 5.92 Å². The molecule has 1 N–H and O–H groups in total. The predicted molar refractivity (Wildman–Crippen MR) is 65.5 cm³/mol. The first-order valence-electron chi connectivity index (χ1n) is 5.43. The van der Waals surface area contributed by atoms with Gasteiger partial charge in [0.1, 0.15) is 0 Å². The average molecular weight is 256 g/mol. The van der Waals surface area contributed by atoms with Crippen molar-refractivity contribution in [3.63, 3.8) is 0 Å². The summed E-state index contributed by atoms with van der Waals surface area (Å²) in [4.78, 5) is 28.2. The van der Waals surface area contributed by atoms with Gasteiger partial charge in [0, 0.05) is 18.5 Å². The molecule has 1 aromatic heterocycles. The molecule has 17 heavy (non-hydrogen) atoms. The number of thiazole rings is 1. The molecule has 0 radical (unpaired) electrons. The number of carbonyl (C=O) groups excluding carboxylic acids is 1. The fourth-order valence-electron chi connectivity index (χ4n) is 1.40. The van der Waals surface area contributed by atoms with Crippen LogP contribution in [0.4, 0.5) is 0 Å². The lowest BCUT2D eigenvalue weighted by Gasteiger charge is -2.21. The van der Waals surface area contributed by atoms with Crippen molar-refractivity contribution in [3.8, 4) is 0 Å². The molecule has 0 unspecified atom stereocenters. The van der Waals surface area contributed by atoms with Gasteiger partial charge in [-0.05, 0) is 12.8 Å². The lowest BCUT2D eigenvalue weighted by Crippen LogP contribution is -2.34. The van der Waals surface area contributed by atoms with Crippen molar-refractivity contribution < 1.29 is 14.7 Å². The first-order chi connectivity index (χ1) is 7.95. The number of carbonyl (C=O) groups is 2. The number of rotatable bonds is 5. The zero-order valence-electron chi connectivity index (χ0n) is 10.1. The number of hydrogen-bond acceptors (Lipinski definition) is 4. The largest absolute Gasteiger partial charge is 0.476 e. The van der Waals surface area contributed by atoms with E-state index < -0.39 is 5.97 Å². The molecule has 0 aliphatic heterocycles. The van der Waals surface area contributed by atoms with Crippen molar-refractivity contribution in [1.82, 2.24) is 9.88 Å². The molecule has 0 bridgehead atoms. The average Bonchev–Trinajstić information content (AvgIpc) is 2.73. The summed E-state index contributed by atoms with van der Waals surface area (Å²) in [6.45, 7) is 7.20. The Morgan fingerprint density at radius 2 is 2.18 bits per heavy atom. The van der Waals surface area contributed by atoms with Crippen LogP contribution in [-0.4, -0.2) is 40.0 Å². The van der Waals surface area contributed by atoms with Gasteiger partial charge in [0.2, 0.25) is 0 Å². The Hall–Kier alpha value is -1.43. The molecule has 0 saturated heterocycles. The number of aromatic nitrogens is 1. The second-order valence-corrected chi connectivity index (χ2v) is 4.94. The van der Waals surface area contributed by atoms with Crippen LogP contribution < -0.4 is 0 Å². The quantitative estimate of drug-likeness (QED) is 0.874. The van der Waals surface area contributed by atoms with Gasteiger partial charge < -0.3 is 10.0 Å². The van der Waals surface area contributed by atoms with E-state index in [1.165, 1.54) is 5.38 Å². The van der Waals surface area contributed by atoms with E-state index in [4.69, 9.17) is 5.11 Å². The molecule has 1 amide bonds. The van der Waals surface area contributed by atoms with Gasteiger partial charge in [-0.3, -0.25) is 4.79 Å². The number of carboxylic acids is 1. The summed E-state index contributed by atoms with van der Waals surface area (Å²) < 4.78 is 0. The Kier molecular flexibility index (Phi) is 4.62. The van der Waals surface area contributed by atoms with Gasteiger partial charge in [-0.1, -0.05) is 13.8 Å². The van der Waals surface area contributed by atoms with Crippen molar-refractivity contribution >= 4 is 23.2 Å². The van der Waals surface area contributed by atoms with Crippen molar-refractivity contribution in [2.75, 3.05) is 13.1 Å². The second-order valence-electron chi connectivity index (χ2n) is 4.08. The normalized spacial score (nSPS) is 10.6. The van der Waals surface area contributed by atoms with Crippen molar-refractivity contribution in [1.29, 1.82) is 0 Å². The van der Waals surface area contributed by atoms with E-state index in [9.17, 15) is 9.59 Å². The molecule has 1 aromatic rings. The van der Waals surface area contributed by atoms with Crippen LogP contribution in [0.25, 0.3) is 0 Å². The maximum atomic E-state index is 12.0. The smallest absolute Gasteiger partial charge is 0.355 e. The summed E-state index contributed by atoms with van der Waals surface area (Å²) in [5.74, 6) is -0.927. The van der Waals surface area contributed by atoms with E-state index in [0.717, 1.165) is 11.3 Å². The van der Waals surface area contributed by atoms with Crippen LogP contribution in [-0.2, 0) is 0 Å². The Labute approximate surface area is 104 Å². The van der Waals surface area contributed by atoms with Crippen LogP contribution in [0.15, 0.2) is 5.38 Å². The Morgan fingerprint density at radius 3 is 2.59 bits per heavy atom. The number of hydrogen-bond donors (Lipinski definition) is 1. The van der Waals surface area contributed by atoms with E-state index in [0.29, 0.717) is 19.0 Å². The zero-order chi connectivity index (χ0) is 13.0. The van der Waals surface area contributed by atoms with Crippen LogP contribution in [0.5, 0.6) is 0 Å². The second kappa shape index (κ2) is 5.77. The highest BCUT2D eigenvalue weighted by Crippen LogP contribution is 2.13. The molecule has 0 aromatic carbocycles. The van der Waals surface area contributed by atoms with E-state index in [2.05, 4.69) is 4.98 Å². The van der Waals surface area contributed by atoms with Gasteiger partial charge in [-0.25, -0.2) is 9.78 Å². The van der Waals surface area contributed by atoms with Gasteiger partial charge in [0.15, 0.2) is 10.7 Å². The molecule has 0 fully saturated rings. The van der Waals surface area contributed by atoms with Gasteiger partial charge in [0.25, 0.3) is 5.91 Å². The van der Waals surface area contributed by atoms with Crippen molar-refractivity contribution in [2.24, 2.45) is 5.92 Å². The molecule has 6 heteroatoms. The summed E-state index contributed by atoms with van der Waals surface area (Å²) in [6.07, 6.45) is 0. The first kappa shape index (κ1) is 13.6. The Bertz CT molecular complexity index is 415. The highest BCUT2D eigenvalue weighted by molar-refractivity contribution is 7.11. The minimum absolute atomic E-state index is 0.0704. The van der Waals surface area contributed by atoms with Crippen LogP contribution in [0.3, 0.4) is 0 Å². The molecular weight excluding hydrogens is 240 g/mol. The summed E-state index contributed by atoms with van der Waals surface area (Å²) in [6, 6.07) is 0. The summed E-state index contributed by atoms with van der Waals surface area (Å²) in [7, 11) is 0. The molecule has 1 heterocycles. The van der Waals surface area contributed by atoms with E-state index in [-0.39, 0.29) is 16.6 Å². The van der Waals surface area contributed by atoms with E-state index >= 15 is 0 Å². The first-order valence-corrected chi connectivity index (χ1v) is 6.31. The van der Waals surface area contributed by atoms with Crippen LogP contribution >= 0.6 is 11.3 Å². The topological polar surface area (TPSA) is 70.5 Å². The molecule has 0 saturated carbocycles. The molecule has 5 nitrogen and oxygen atoms in total. The third kappa shape index (κ3) is 3.52. The monoisotopic (exact) mass is 256 g/mol. The number of nitrogens with zero attached hydrogens (tertiary/aromatic N) is 2. The minimum Gasteiger partial charge on any atom is -0.476 e. The highest BCUT2D eigenvalue weighted by Gasteiger charge is 2.20. The Balaban J connectivity index is 2.82. The number of carboxylic acid groups (broad SMARTS) is 1. The van der Waals surface area contributed by atoms with Gasteiger partial charge >= 0.3 is 5.97 Å². The molecule has 0 aliphatic carbocycles. The summed E-state index contributed by atoms with van der Waals surface area (Å²) >= 11 is 1.07. The van der Waals surface area contributed by atoms with E-state index in [1.807, 2.05) is 20.8 Å². The standard InChI is InChI=1S/C11H16N2O3S/c1-4-13(5-7(2)3)10(14)9-12-8(6-17-9)11(15)16/h6-7H,4-5H2,1-3H3,(H,15,16). The maximum absolute atomic E-state index is 12.0. The lowest BCUT2D eigenvalue weighted by atomic mass is 10.2. The van der Waals surface area contributed by atoms with Gasteiger partial charge in [0.05, 0.1) is 0 Å². The SMILES string of the molecule is CCN(CC(C)C)C(=O)c1nc(C(=O)O)cs1. The molecule has 1 rings (SSSR count). The zero-order valence-corrected chi connectivity index (χ0v) is 11.0. The maximum Gasteiger partial charge on any atom is 0.355 e. The summed E-state index contributed by atoms with van der Waals surface area (Å²) in [5.41, 5.74) is -0.0704. The number of amides is 1. The van der Waals surface area contributed by atoms with Gasteiger partial charge in [-0.2, -0.15) is 0 Å². The van der Waals surface area contributed by atoms with Crippen molar-refractivity contribution in [2.45, 2.75) is 20.8 Å². The van der Waals surface area contributed by atoms with E-state index in [1.54, 1.807) is 4.90 Å². The van der Waals surface area contributed by atoms with Gasteiger partial charge in [-0.15, -0.1) is 11.3 Å². The molecule has 0 aliphatic rings. The highest BCUT2D eigenvalue weighted by atomic mass is 32.1. The molecular formula is C11H16N2O3S. The molecule has 0 spiro atoms. The Morgan fingerprint density at radius 1 is 1.53 bits per heavy atom. The van der Waals surface area contributed by atoms with Crippen LogP contribution in [0.2, 0.25) is 0 Å². The fourth-order valence-corrected chi connectivity index (χ4v) is 2.16. The minimum atomic E-state index is -1.10. The van der Waals surface area contributed by atoms with Crippen LogP contribution in [0.1, 0.15) is 41.1 Å². The molecule has 94 valence electrons. The third-order valence-corrected chi connectivity index (χ3v) is 2.99. The number of aromatic carboxylic acids is 1. The summed E-state index contributed by atoms with van der Waals surface area (Å²) in [5, 5.41) is 10.4.